The molecule has 15 heteroatoms. The minimum Gasteiger partial charge on any atom is -0.439 e. The minimum atomic E-state index is -0.466. The zero-order valence-corrected chi connectivity index (χ0v) is 35.2. The molecule has 0 aliphatic rings. The van der Waals surface area contributed by atoms with Crippen molar-refractivity contribution >= 4 is 87.4 Å². The molecule has 0 spiro atoms. The summed E-state index contributed by atoms with van der Waals surface area (Å²) in [7, 11) is 16.4. The van der Waals surface area contributed by atoms with Gasteiger partial charge in [0.25, 0.3) is 0 Å². The van der Waals surface area contributed by atoms with Crippen LogP contribution in [0.15, 0.2) is 103 Å². The van der Waals surface area contributed by atoms with Crippen LogP contribution in [0.3, 0.4) is 0 Å². The van der Waals surface area contributed by atoms with Gasteiger partial charge in [-0.25, -0.2) is 9.97 Å². The second-order valence-corrected chi connectivity index (χ2v) is 16.3. The molecule has 5 rings (SSSR count). The van der Waals surface area contributed by atoms with Crippen molar-refractivity contribution in [2.24, 2.45) is 0 Å². The first-order chi connectivity index (χ1) is 24.1. The number of benzene rings is 3. The van der Waals surface area contributed by atoms with Crippen LogP contribution in [0.2, 0.25) is 20.4 Å². The number of Topliss-reactive ketones (excluding diaryl/α,β-unsaturated/α-hetero) is 2. The first-order valence-corrected chi connectivity index (χ1v) is 22.2. The summed E-state index contributed by atoms with van der Waals surface area (Å²) in [5.41, 5.74) is 2.06. The van der Waals surface area contributed by atoms with Crippen LogP contribution in [-0.2, 0) is 6.54 Å². The molecule has 0 bridgehead atoms. The van der Waals surface area contributed by atoms with Crippen LogP contribution in [0.5, 0.6) is 23.3 Å². The van der Waals surface area contributed by atoms with Crippen LogP contribution < -0.4 is 28.4 Å². The quantitative estimate of drug-likeness (QED) is 0.0483. The first-order valence-electron chi connectivity index (χ1n) is 14.7. The van der Waals surface area contributed by atoms with Crippen molar-refractivity contribution in [1.82, 2.24) is 9.97 Å². The second-order valence-electron chi connectivity index (χ2n) is 11.2. The van der Waals surface area contributed by atoms with Crippen molar-refractivity contribution in [2.45, 2.75) is 13.5 Å². The van der Waals surface area contributed by atoms with E-state index in [1.807, 2.05) is 0 Å². The van der Waals surface area contributed by atoms with Gasteiger partial charge in [-0.3, -0.25) is 9.59 Å². The standard InChI is InChI=1S/C13H8Cl3NO2.C13H9Cl2NO2.C10H16N.Cl2I/c14-7-11(18)10-5-6-12(17-13(10)16)19-9-3-1-8(15)2-4-9;1-8(17)11-6-7-12(16-13(11)15)18-10-4-2-9(14)3-5-10;1-11(2,3)9-10-7-5-4-6-8-10;1-3-2/h1-6H,7H2;2-7H,1H3;4-8H,9H2,1-3H3;/q;;+1;-1. The Morgan fingerprint density at radius 2 is 1.06 bits per heavy atom. The summed E-state index contributed by atoms with van der Waals surface area (Å²) in [5, 5.41) is 1.44. The first kappa shape index (κ1) is 44.8. The number of quaternary nitrogens is 1. The van der Waals surface area contributed by atoms with E-state index >= 15 is 0 Å². The van der Waals surface area contributed by atoms with Crippen LogP contribution in [0.25, 0.3) is 0 Å². The van der Waals surface area contributed by atoms with Gasteiger partial charge in [-0.2, -0.15) is 0 Å². The Balaban J connectivity index is 0.000000263. The SMILES string of the molecule is CC(=O)c1ccc(Oc2ccc(Cl)cc2)nc1Cl.C[N+](C)(C)Cc1ccccc1.Cl[I-]Cl.O=C(CCl)c1ccc(Oc2ccc(Cl)cc2)nc1Cl. The molecule has 7 nitrogen and oxygen atoms in total. The van der Waals surface area contributed by atoms with Crippen LogP contribution >= 0.6 is 75.8 Å². The van der Waals surface area contributed by atoms with Crippen LogP contribution in [-0.4, -0.2) is 53.0 Å². The molecule has 0 aliphatic carbocycles. The number of hydrogen-bond acceptors (Lipinski definition) is 6. The largest absolute Gasteiger partial charge is 0.439 e. The topological polar surface area (TPSA) is 78.4 Å². The molecule has 0 unspecified atom stereocenters. The van der Waals surface area contributed by atoms with Crippen LogP contribution in [0.4, 0.5) is 0 Å². The molecule has 0 saturated heterocycles. The summed E-state index contributed by atoms with van der Waals surface area (Å²) >= 11 is 28.3. The van der Waals surface area contributed by atoms with E-state index in [4.69, 9.17) is 85.3 Å². The van der Waals surface area contributed by atoms with Gasteiger partial charge in [-0.15, -0.1) is 11.6 Å². The zero-order chi connectivity index (χ0) is 38.0. The summed E-state index contributed by atoms with van der Waals surface area (Å²) in [6, 6.07) is 30.5. The third kappa shape index (κ3) is 17.8. The van der Waals surface area contributed by atoms with E-state index in [0.717, 1.165) is 11.0 Å². The van der Waals surface area contributed by atoms with Gasteiger partial charge >= 0.3 is 36.8 Å². The van der Waals surface area contributed by atoms with E-state index in [-0.39, 0.29) is 33.3 Å². The van der Waals surface area contributed by atoms with Crippen LogP contribution in [0, 0.1) is 0 Å². The Bertz CT molecular complexity index is 1830. The second kappa shape index (κ2) is 23.3. The van der Waals surface area contributed by atoms with E-state index in [2.05, 4.69) is 61.4 Å². The molecular formula is C36H33Cl7IN3O4. The summed E-state index contributed by atoms with van der Waals surface area (Å²) in [6.07, 6.45) is 0. The summed E-state index contributed by atoms with van der Waals surface area (Å²) in [4.78, 5) is 30.6. The predicted octanol–water partition coefficient (Wildman–Crippen LogP) is 9.26. The number of ether oxygens (including phenoxy) is 2. The third-order valence-corrected chi connectivity index (χ3v) is 7.34. The Morgan fingerprint density at radius 1 is 0.647 bits per heavy atom. The Morgan fingerprint density at radius 3 is 1.41 bits per heavy atom. The van der Waals surface area contributed by atoms with Gasteiger partial charge in [0.2, 0.25) is 11.8 Å². The van der Waals surface area contributed by atoms with Crippen molar-refractivity contribution in [3.05, 3.63) is 140 Å². The maximum absolute atomic E-state index is 11.4. The molecule has 0 amide bonds. The predicted molar refractivity (Wildman–Crippen MR) is 206 cm³/mol. The van der Waals surface area contributed by atoms with E-state index in [0.29, 0.717) is 38.9 Å². The average Bonchev–Trinajstić information content (AvgIpc) is 3.07. The van der Waals surface area contributed by atoms with E-state index < -0.39 is 18.9 Å². The number of nitrogens with zero attached hydrogens (tertiary/aromatic N) is 3. The molecule has 0 fully saturated rings. The van der Waals surface area contributed by atoms with Crippen LogP contribution in [0.1, 0.15) is 33.2 Å². The molecule has 2 heterocycles. The number of ketones is 2. The molecule has 0 N–H and O–H groups in total. The molecule has 5 aromatic rings. The van der Waals surface area contributed by atoms with Gasteiger partial charge in [-0.05, 0) is 67.6 Å². The molecular weight excluding hydrogens is 913 g/mol. The Labute approximate surface area is 340 Å². The molecule has 0 radical (unpaired) electrons. The van der Waals surface area contributed by atoms with Crippen molar-refractivity contribution in [3.63, 3.8) is 0 Å². The number of alkyl halides is 1. The van der Waals surface area contributed by atoms with Gasteiger partial charge in [-0.1, -0.05) is 76.7 Å². The van der Waals surface area contributed by atoms with E-state index in [1.165, 1.54) is 18.6 Å². The smallest absolute Gasteiger partial charge is 0.220 e. The van der Waals surface area contributed by atoms with Gasteiger partial charge in [0, 0.05) is 27.7 Å². The third-order valence-electron chi connectivity index (χ3n) is 6.02. The number of rotatable bonds is 9. The monoisotopic (exact) mass is 943 g/mol. The molecule has 272 valence electrons. The molecule has 2 aromatic heterocycles. The van der Waals surface area contributed by atoms with Crippen molar-refractivity contribution in [1.29, 1.82) is 0 Å². The number of carbonyl (C=O) groups is 2. The summed E-state index contributed by atoms with van der Waals surface area (Å²) < 4.78 is 12.0. The van der Waals surface area contributed by atoms with Crippen molar-refractivity contribution < 1.29 is 42.5 Å². The van der Waals surface area contributed by atoms with Gasteiger partial charge < -0.3 is 14.0 Å². The minimum absolute atomic E-state index is 0.0668. The van der Waals surface area contributed by atoms with Gasteiger partial charge in [0.05, 0.1) is 38.1 Å². The average molecular weight is 947 g/mol. The zero-order valence-electron chi connectivity index (χ0n) is 27.7. The Kier molecular flexibility index (Phi) is 20.5. The van der Waals surface area contributed by atoms with E-state index in [9.17, 15) is 9.59 Å². The maximum Gasteiger partial charge on any atom is 0.220 e. The summed E-state index contributed by atoms with van der Waals surface area (Å²) in [5.74, 6) is 1.23. The van der Waals surface area contributed by atoms with Gasteiger partial charge in [0.1, 0.15) is 28.3 Å². The number of pyridine rings is 2. The maximum atomic E-state index is 11.4. The van der Waals surface area contributed by atoms with Gasteiger partial charge in [0.15, 0.2) is 11.6 Å². The fourth-order valence-corrected chi connectivity index (χ4v) is 4.80. The summed E-state index contributed by atoms with van der Waals surface area (Å²) in [6.45, 7) is 2.53. The molecule has 0 saturated carbocycles. The number of halogens is 8. The molecule has 0 atom stereocenters. The number of aromatic nitrogens is 2. The Hall–Kier alpha value is -2.38. The fourth-order valence-electron chi connectivity index (χ4n) is 3.87. The molecule has 3 aromatic carbocycles. The van der Waals surface area contributed by atoms with Crippen molar-refractivity contribution in [3.8, 4) is 23.3 Å². The fraction of sp³-hybridized carbons (Fsp3) is 0.167. The molecule has 51 heavy (non-hydrogen) atoms. The number of carbonyl (C=O) groups excluding carboxylic acids is 2. The number of hydrogen-bond donors (Lipinski definition) is 0. The normalized spacial score (nSPS) is 10.3. The van der Waals surface area contributed by atoms with E-state index in [1.54, 1.807) is 66.7 Å². The van der Waals surface area contributed by atoms with Crippen molar-refractivity contribution in [2.75, 3.05) is 27.0 Å². The molecule has 0 aliphatic heterocycles.